The highest BCUT2D eigenvalue weighted by Gasteiger charge is 2.04. The molecule has 1 N–H and O–H groups in total. The van der Waals surface area contributed by atoms with Crippen LogP contribution in [0.5, 0.6) is 5.75 Å². The van der Waals surface area contributed by atoms with Crippen LogP contribution in [-0.4, -0.2) is 21.2 Å². The molecule has 0 spiro atoms. The smallest absolute Gasteiger partial charge is 0.121 e. The molecule has 0 amide bonds. The van der Waals surface area contributed by atoms with Crippen LogP contribution in [0.3, 0.4) is 0 Å². The van der Waals surface area contributed by atoms with E-state index >= 15 is 0 Å². The van der Waals surface area contributed by atoms with Gasteiger partial charge in [-0.1, -0.05) is 6.58 Å². The van der Waals surface area contributed by atoms with Gasteiger partial charge in [0.2, 0.25) is 0 Å². The average Bonchev–Trinajstić information content (AvgIpc) is 2.27. The van der Waals surface area contributed by atoms with E-state index in [1.807, 2.05) is 37.2 Å². The molecule has 1 rings (SSSR count). The summed E-state index contributed by atoms with van der Waals surface area (Å²) in [7, 11) is 5.50. The van der Waals surface area contributed by atoms with Gasteiger partial charge in [0.05, 0.1) is 18.5 Å². The molecule has 14 heavy (non-hydrogen) atoms. The van der Waals surface area contributed by atoms with Crippen molar-refractivity contribution in [2.75, 3.05) is 31.4 Å². The van der Waals surface area contributed by atoms with Gasteiger partial charge < -0.3 is 15.0 Å². The predicted octanol–water partition coefficient (Wildman–Crippen LogP) is 2.32. The fourth-order valence-electron chi connectivity index (χ4n) is 1.25. The van der Waals surface area contributed by atoms with Gasteiger partial charge in [0.15, 0.2) is 0 Å². The van der Waals surface area contributed by atoms with Gasteiger partial charge >= 0.3 is 0 Å². The summed E-state index contributed by atoms with van der Waals surface area (Å²) < 4.78 is 5.14. The van der Waals surface area contributed by atoms with Gasteiger partial charge in [-0.25, -0.2) is 0 Å². The molecule has 0 fully saturated rings. The normalized spacial score (nSPS) is 9.36. The van der Waals surface area contributed by atoms with Gasteiger partial charge in [-0.3, -0.25) is 0 Å². The Labute approximate surface area is 85.0 Å². The first-order chi connectivity index (χ1) is 6.72. The lowest BCUT2D eigenvalue weighted by Gasteiger charge is -2.18. The molecule has 3 nitrogen and oxygen atoms in total. The molecule has 0 saturated carbocycles. The first-order valence-electron chi connectivity index (χ1n) is 4.44. The molecule has 0 atom stereocenters. The maximum absolute atomic E-state index is 5.14. The number of nitrogens with one attached hydrogen (secondary N) is 1. The zero-order chi connectivity index (χ0) is 10.6. The van der Waals surface area contributed by atoms with Gasteiger partial charge in [-0.2, -0.15) is 0 Å². The fraction of sp³-hybridized carbons (Fsp3) is 0.273. The van der Waals surface area contributed by atoms with Crippen molar-refractivity contribution in [3.63, 3.8) is 0 Å². The molecule has 0 aromatic heterocycles. The van der Waals surface area contributed by atoms with Crippen molar-refractivity contribution < 1.29 is 4.74 Å². The number of hydrogen-bond acceptors (Lipinski definition) is 3. The van der Waals surface area contributed by atoms with Gasteiger partial charge in [-0.15, -0.1) is 0 Å². The van der Waals surface area contributed by atoms with Gasteiger partial charge in [0.25, 0.3) is 0 Å². The Morgan fingerprint density at radius 2 is 2.21 bits per heavy atom. The molecule has 0 unspecified atom stereocenters. The number of methoxy groups -OCH3 is 1. The second-order valence-corrected chi connectivity index (χ2v) is 2.93. The zero-order valence-electron chi connectivity index (χ0n) is 8.87. The third-order valence-electron chi connectivity index (χ3n) is 2.13. The molecular weight excluding hydrogens is 176 g/mol. The number of ether oxygens (including phenoxy) is 1. The average molecular weight is 192 g/mol. The molecule has 0 heterocycles. The highest BCUT2D eigenvalue weighted by atomic mass is 16.5. The van der Waals surface area contributed by atoms with Crippen molar-refractivity contribution in [1.29, 1.82) is 0 Å². The number of hydrogen-bond donors (Lipinski definition) is 1. The third-order valence-corrected chi connectivity index (χ3v) is 2.13. The highest BCUT2D eigenvalue weighted by molar-refractivity contribution is 5.72. The van der Waals surface area contributed by atoms with Gasteiger partial charge in [0.1, 0.15) is 5.75 Å². The van der Waals surface area contributed by atoms with E-state index in [1.54, 1.807) is 13.3 Å². The van der Waals surface area contributed by atoms with E-state index in [9.17, 15) is 0 Å². The Bertz CT molecular complexity index is 323. The van der Waals surface area contributed by atoms with Crippen LogP contribution in [0.25, 0.3) is 0 Å². The van der Waals surface area contributed by atoms with E-state index in [1.165, 1.54) is 0 Å². The second kappa shape index (κ2) is 4.56. The van der Waals surface area contributed by atoms with Crippen LogP contribution < -0.4 is 15.0 Å². The summed E-state index contributed by atoms with van der Waals surface area (Å²) >= 11 is 0. The summed E-state index contributed by atoms with van der Waals surface area (Å²) in [5.41, 5.74) is 2.09. The molecule has 0 aliphatic rings. The van der Waals surface area contributed by atoms with Gasteiger partial charge in [0, 0.05) is 20.2 Å². The predicted molar refractivity (Wildman–Crippen MR) is 61.1 cm³/mol. The van der Waals surface area contributed by atoms with Crippen molar-refractivity contribution in [2.24, 2.45) is 0 Å². The third kappa shape index (κ3) is 1.99. The monoisotopic (exact) mass is 192 g/mol. The lowest BCUT2D eigenvalue weighted by Crippen LogP contribution is -2.09. The molecule has 0 radical (unpaired) electrons. The minimum atomic E-state index is 0.843. The van der Waals surface area contributed by atoms with E-state index in [0.29, 0.717) is 0 Å². The van der Waals surface area contributed by atoms with Gasteiger partial charge in [-0.05, 0) is 18.3 Å². The summed E-state index contributed by atoms with van der Waals surface area (Å²) in [6.45, 7) is 3.72. The Morgan fingerprint density at radius 1 is 1.50 bits per heavy atom. The lowest BCUT2D eigenvalue weighted by atomic mass is 10.2. The van der Waals surface area contributed by atoms with Crippen LogP contribution in [0.4, 0.5) is 11.4 Å². The summed E-state index contributed by atoms with van der Waals surface area (Å²) in [6, 6.07) is 5.87. The van der Waals surface area contributed by atoms with E-state index in [4.69, 9.17) is 4.74 Å². The fourth-order valence-corrected chi connectivity index (χ4v) is 1.25. The van der Waals surface area contributed by atoms with Crippen molar-refractivity contribution >= 4 is 11.4 Å². The number of nitrogens with zero attached hydrogens (tertiary/aromatic N) is 1. The minimum Gasteiger partial charge on any atom is -0.497 e. The van der Waals surface area contributed by atoms with E-state index in [2.05, 4.69) is 11.9 Å². The topological polar surface area (TPSA) is 24.5 Å². The summed E-state index contributed by atoms with van der Waals surface area (Å²) in [5.74, 6) is 0.843. The summed E-state index contributed by atoms with van der Waals surface area (Å²) in [6.07, 6.45) is 1.77. The van der Waals surface area contributed by atoms with E-state index in [0.717, 1.165) is 17.1 Å². The zero-order valence-corrected chi connectivity index (χ0v) is 8.87. The Kier molecular flexibility index (Phi) is 3.40. The number of rotatable bonds is 4. The summed E-state index contributed by atoms with van der Waals surface area (Å²) in [4.78, 5) is 1.95. The lowest BCUT2D eigenvalue weighted by molar-refractivity contribution is 0.415. The molecule has 0 saturated heterocycles. The molecule has 0 aliphatic carbocycles. The Hall–Kier alpha value is -1.64. The van der Waals surface area contributed by atoms with Crippen molar-refractivity contribution in [1.82, 2.24) is 0 Å². The van der Waals surface area contributed by atoms with Crippen molar-refractivity contribution in [3.05, 3.63) is 31.0 Å². The molecular formula is C11H16N2O. The van der Waals surface area contributed by atoms with Crippen LogP contribution in [0, 0.1) is 0 Å². The Balaban J connectivity index is 3.10. The summed E-state index contributed by atoms with van der Waals surface area (Å²) in [5, 5.41) is 3.12. The maximum Gasteiger partial charge on any atom is 0.121 e. The van der Waals surface area contributed by atoms with Crippen molar-refractivity contribution in [3.8, 4) is 5.75 Å². The SMILES string of the molecule is C=CN(C)c1ccc(OC)cc1NC. The molecule has 1 aromatic rings. The van der Waals surface area contributed by atoms with Crippen LogP contribution in [0.1, 0.15) is 0 Å². The second-order valence-electron chi connectivity index (χ2n) is 2.93. The maximum atomic E-state index is 5.14. The minimum absolute atomic E-state index is 0.843. The molecule has 3 heteroatoms. The van der Waals surface area contributed by atoms with Crippen molar-refractivity contribution in [2.45, 2.75) is 0 Å². The molecule has 0 bridgehead atoms. The molecule has 76 valence electrons. The molecule has 1 aromatic carbocycles. The number of anilines is 2. The van der Waals surface area contributed by atoms with Crippen LogP contribution >= 0.6 is 0 Å². The standard InChI is InChI=1S/C11H16N2O/c1-5-13(3)11-7-6-9(14-4)8-10(11)12-2/h5-8,12H,1H2,2-4H3. The van der Waals surface area contributed by atoms with Crippen LogP contribution in [0.2, 0.25) is 0 Å². The van der Waals surface area contributed by atoms with Crippen LogP contribution in [-0.2, 0) is 0 Å². The molecule has 0 aliphatic heterocycles. The largest absolute Gasteiger partial charge is 0.497 e. The Morgan fingerprint density at radius 3 is 2.71 bits per heavy atom. The van der Waals surface area contributed by atoms with E-state index in [-0.39, 0.29) is 0 Å². The highest BCUT2D eigenvalue weighted by Crippen LogP contribution is 2.29. The quantitative estimate of drug-likeness (QED) is 0.792. The first kappa shape index (κ1) is 10.4. The van der Waals surface area contributed by atoms with Crippen LogP contribution in [0.15, 0.2) is 31.0 Å². The van der Waals surface area contributed by atoms with E-state index < -0.39 is 0 Å². The first-order valence-corrected chi connectivity index (χ1v) is 4.44. The number of benzene rings is 1.